The minimum atomic E-state index is -0.346. The van der Waals surface area contributed by atoms with Crippen LogP contribution >= 0.6 is 0 Å². The van der Waals surface area contributed by atoms with E-state index in [0.29, 0.717) is 6.54 Å². The Morgan fingerprint density at radius 2 is 1.89 bits per heavy atom. The van der Waals surface area contributed by atoms with Crippen LogP contribution < -0.4 is 5.32 Å². The lowest BCUT2D eigenvalue weighted by atomic mass is 10.1. The Morgan fingerprint density at radius 3 is 2.53 bits per heavy atom. The number of aliphatic hydroxyl groups excluding tert-OH is 1. The SMILES string of the molecule is C[C@H](NCC(O)CN1CCCC1)c1ccc(F)cc1. The predicted octanol–water partition coefficient (Wildman–Crippen LogP) is 1.93. The molecule has 1 aromatic carbocycles. The zero-order chi connectivity index (χ0) is 13.7. The lowest BCUT2D eigenvalue weighted by Gasteiger charge is -2.21. The monoisotopic (exact) mass is 266 g/mol. The van der Waals surface area contributed by atoms with E-state index in [2.05, 4.69) is 10.2 Å². The van der Waals surface area contributed by atoms with Gasteiger partial charge in [-0.2, -0.15) is 0 Å². The first-order valence-corrected chi connectivity index (χ1v) is 7.04. The topological polar surface area (TPSA) is 35.5 Å². The van der Waals surface area contributed by atoms with Crippen LogP contribution in [0.4, 0.5) is 4.39 Å². The number of halogens is 1. The number of nitrogens with zero attached hydrogens (tertiary/aromatic N) is 1. The van der Waals surface area contributed by atoms with Gasteiger partial charge in [0, 0.05) is 19.1 Å². The van der Waals surface area contributed by atoms with Crippen LogP contribution in [0.5, 0.6) is 0 Å². The molecule has 106 valence electrons. The molecule has 1 heterocycles. The van der Waals surface area contributed by atoms with E-state index in [0.717, 1.165) is 25.2 Å². The second-order valence-corrected chi connectivity index (χ2v) is 5.34. The first-order valence-electron chi connectivity index (χ1n) is 7.04. The summed E-state index contributed by atoms with van der Waals surface area (Å²) < 4.78 is 12.8. The average Bonchev–Trinajstić information content (AvgIpc) is 2.89. The van der Waals surface area contributed by atoms with Gasteiger partial charge in [0.1, 0.15) is 5.82 Å². The highest BCUT2D eigenvalue weighted by Gasteiger charge is 2.16. The molecule has 2 atom stereocenters. The molecule has 1 fully saturated rings. The standard InChI is InChI=1S/C15H23FN2O/c1-12(13-4-6-14(16)7-5-13)17-10-15(19)11-18-8-2-3-9-18/h4-7,12,15,17,19H,2-3,8-11H2,1H3/t12-,15?/m0/s1. The Morgan fingerprint density at radius 1 is 1.26 bits per heavy atom. The van der Waals surface area contributed by atoms with E-state index in [1.54, 1.807) is 12.1 Å². The van der Waals surface area contributed by atoms with E-state index < -0.39 is 0 Å². The quantitative estimate of drug-likeness (QED) is 0.826. The summed E-state index contributed by atoms with van der Waals surface area (Å²) in [6.07, 6.45) is 2.14. The van der Waals surface area contributed by atoms with E-state index in [9.17, 15) is 9.50 Å². The van der Waals surface area contributed by atoms with Crippen molar-refractivity contribution in [3.8, 4) is 0 Å². The molecule has 2 N–H and O–H groups in total. The maximum atomic E-state index is 12.8. The summed E-state index contributed by atoms with van der Waals surface area (Å²) in [4.78, 5) is 2.30. The van der Waals surface area contributed by atoms with Crippen molar-refractivity contribution in [3.63, 3.8) is 0 Å². The first-order chi connectivity index (χ1) is 9.15. The number of hydrogen-bond donors (Lipinski definition) is 2. The average molecular weight is 266 g/mol. The molecule has 0 bridgehead atoms. The van der Waals surface area contributed by atoms with Gasteiger partial charge in [0.25, 0.3) is 0 Å². The summed E-state index contributed by atoms with van der Waals surface area (Å²) in [6, 6.07) is 6.61. The molecule has 2 rings (SSSR count). The molecule has 0 saturated carbocycles. The molecule has 1 aromatic rings. The highest BCUT2D eigenvalue weighted by atomic mass is 19.1. The third-order valence-electron chi connectivity index (χ3n) is 3.70. The molecule has 19 heavy (non-hydrogen) atoms. The van der Waals surface area contributed by atoms with Crippen molar-refractivity contribution in [2.75, 3.05) is 26.2 Å². The van der Waals surface area contributed by atoms with Gasteiger partial charge in [-0.15, -0.1) is 0 Å². The summed E-state index contributed by atoms with van der Waals surface area (Å²) in [6.45, 7) is 5.53. The molecule has 0 amide bonds. The minimum absolute atomic E-state index is 0.119. The van der Waals surface area contributed by atoms with Gasteiger partial charge < -0.3 is 15.3 Å². The summed E-state index contributed by atoms with van der Waals surface area (Å²) in [5.41, 5.74) is 1.04. The van der Waals surface area contributed by atoms with Crippen LogP contribution in [0.3, 0.4) is 0 Å². The lowest BCUT2D eigenvalue weighted by Crippen LogP contribution is -2.37. The summed E-state index contributed by atoms with van der Waals surface area (Å²) in [7, 11) is 0. The molecule has 1 saturated heterocycles. The smallest absolute Gasteiger partial charge is 0.123 e. The maximum absolute atomic E-state index is 12.8. The van der Waals surface area contributed by atoms with Crippen LogP contribution in [0, 0.1) is 5.82 Å². The summed E-state index contributed by atoms with van der Waals surface area (Å²) >= 11 is 0. The Balaban J connectivity index is 1.73. The largest absolute Gasteiger partial charge is 0.390 e. The van der Waals surface area contributed by atoms with Crippen molar-refractivity contribution in [1.29, 1.82) is 0 Å². The van der Waals surface area contributed by atoms with Gasteiger partial charge in [-0.3, -0.25) is 0 Å². The Labute approximate surface area is 114 Å². The minimum Gasteiger partial charge on any atom is -0.390 e. The third kappa shape index (κ3) is 4.56. The Kier molecular flexibility index (Phi) is 5.31. The van der Waals surface area contributed by atoms with Crippen molar-refractivity contribution in [2.45, 2.75) is 31.9 Å². The van der Waals surface area contributed by atoms with Crippen molar-refractivity contribution in [2.24, 2.45) is 0 Å². The lowest BCUT2D eigenvalue weighted by molar-refractivity contribution is 0.121. The number of likely N-dealkylation sites (tertiary alicyclic amines) is 1. The molecule has 4 heteroatoms. The van der Waals surface area contributed by atoms with Crippen LogP contribution in [0.2, 0.25) is 0 Å². The Hall–Kier alpha value is -0.970. The van der Waals surface area contributed by atoms with Crippen LogP contribution in [0.25, 0.3) is 0 Å². The van der Waals surface area contributed by atoms with Crippen molar-refractivity contribution < 1.29 is 9.50 Å². The number of β-amino-alcohol motifs (C(OH)–C–C–N with tert-alkyl or cyclic N) is 1. The van der Waals surface area contributed by atoms with E-state index in [1.165, 1.54) is 25.0 Å². The number of rotatable bonds is 6. The fraction of sp³-hybridized carbons (Fsp3) is 0.600. The Bertz CT molecular complexity index is 376. The van der Waals surface area contributed by atoms with Gasteiger partial charge in [0.15, 0.2) is 0 Å². The molecular weight excluding hydrogens is 243 g/mol. The predicted molar refractivity (Wildman–Crippen MR) is 74.5 cm³/mol. The van der Waals surface area contributed by atoms with Gasteiger partial charge in [-0.05, 0) is 50.6 Å². The molecule has 3 nitrogen and oxygen atoms in total. The molecule has 0 spiro atoms. The molecular formula is C15H23FN2O. The van der Waals surface area contributed by atoms with Gasteiger partial charge in [0.05, 0.1) is 6.10 Å². The van der Waals surface area contributed by atoms with E-state index in [1.807, 2.05) is 6.92 Å². The summed E-state index contributed by atoms with van der Waals surface area (Å²) in [5, 5.41) is 13.3. The summed E-state index contributed by atoms with van der Waals surface area (Å²) in [5.74, 6) is -0.218. The fourth-order valence-corrected chi connectivity index (χ4v) is 2.51. The zero-order valence-corrected chi connectivity index (χ0v) is 11.5. The molecule has 0 radical (unpaired) electrons. The molecule has 1 aliphatic rings. The van der Waals surface area contributed by atoms with Gasteiger partial charge >= 0.3 is 0 Å². The van der Waals surface area contributed by atoms with Crippen molar-refractivity contribution in [3.05, 3.63) is 35.6 Å². The van der Waals surface area contributed by atoms with Gasteiger partial charge in [0.2, 0.25) is 0 Å². The normalized spacial score (nSPS) is 19.5. The van der Waals surface area contributed by atoms with Gasteiger partial charge in [-0.25, -0.2) is 4.39 Å². The van der Waals surface area contributed by atoms with Crippen LogP contribution in [0.15, 0.2) is 24.3 Å². The van der Waals surface area contributed by atoms with Crippen molar-refractivity contribution in [1.82, 2.24) is 10.2 Å². The van der Waals surface area contributed by atoms with E-state index in [4.69, 9.17) is 0 Å². The van der Waals surface area contributed by atoms with E-state index in [-0.39, 0.29) is 18.0 Å². The van der Waals surface area contributed by atoms with Crippen molar-refractivity contribution >= 4 is 0 Å². The molecule has 0 aliphatic carbocycles. The van der Waals surface area contributed by atoms with Crippen LogP contribution in [-0.2, 0) is 0 Å². The fourth-order valence-electron chi connectivity index (χ4n) is 2.51. The second kappa shape index (κ2) is 6.98. The molecule has 1 unspecified atom stereocenters. The maximum Gasteiger partial charge on any atom is 0.123 e. The first kappa shape index (κ1) is 14.4. The second-order valence-electron chi connectivity index (χ2n) is 5.34. The third-order valence-corrected chi connectivity index (χ3v) is 3.70. The number of hydrogen-bond acceptors (Lipinski definition) is 3. The van der Waals surface area contributed by atoms with Crippen LogP contribution in [-0.4, -0.2) is 42.3 Å². The highest BCUT2D eigenvalue weighted by Crippen LogP contribution is 2.13. The molecule has 1 aliphatic heterocycles. The number of aliphatic hydroxyl groups is 1. The number of benzene rings is 1. The zero-order valence-electron chi connectivity index (χ0n) is 11.5. The number of nitrogens with one attached hydrogen (secondary N) is 1. The van der Waals surface area contributed by atoms with Crippen LogP contribution in [0.1, 0.15) is 31.4 Å². The highest BCUT2D eigenvalue weighted by molar-refractivity contribution is 5.19. The van der Waals surface area contributed by atoms with E-state index >= 15 is 0 Å². The molecule has 0 aromatic heterocycles. The van der Waals surface area contributed by atoms with Gasteiger partial charge in [-0.1, -0.05) is 12.1 Å².